The van der Waals surface area contributed by atoms with Crippen LogP contribution < -0.4 is 11.1 Å². The third-order valence-electron chi connectivity index (χ3n) is 7.76. The molecule has 3 N–H and O–H groups in total. The second kappa shape index (κ2) is 6.67. The first-order valence-electron chi connectivity index (χ1n) is 11.0. The fourth-order valence-electron chi connectivity index (χ4n) is 6.23. The molecule has 3 fully saturated rings. The van der Waals surface area contributed by atoms with Crippen LogP contribution in [0.4, 0.5) is 0 Å². The fourth-order valence-corrected chi connectivity index (χ4v) is 6.23. The molecule has 6 atom stereocenters. The fraction of sp³-hybridized carbons (Fsp3) is 0.652. The van der Waals surface area contributed by atoms with Crippen molar-refractivity contribution in [2.45, 2.75) is 70.5 Å². The van der Waals surface area contributed by atoms with E-state index in [0.29, 0.717) is 23.4 Å². The second-order valence-electron chi connectivity index (χ2n) is 9.54. The molecule has 0 aliphatic heterocycles. The highest BCUT2D eigenvalue weighted by atomic mass is 15.3. The van der Waals surface area contributed by atoms with Crippen molar-refractivity contribution in [3.63, 3.8) is 0 Å². The summed E-state index contributed by atoms with van der Waals surface area (Å²) in [5.74, 6) is 4.45. The molecule has 0 saturated heterocycles. The summed E-state index contributed by atoms with van der Waals surface area (Å²) < 4.78 is 2.50. The number of nitrogens with one attached hydrogen (secondary N) is 1. The molecule has 0 amide bonds. The van der Waals surface area contributed by atoms with Crippen LogP contribution >= 0.6 is 0 Å². The normalized spacial score (nSPS) is 34.0. The number of aromatic nitrogens is 3. The van der Waals surface area contributed by atoms with E-state index in [4.69, 9.17) is 5.73 Å². The van der Waals surface area contributed by atoms with Crippen molar-refractivity contribution >= 4 is 0 Å². The van der Waals surface area contributed by atoms with Gasteiger partial charge in [-0.25, -0.2) is 0 Å². The number of hydrogen-bond donors (Lipinski definition) is 2. The molecule has 5 rings (SSSR count). The Balaban J connectivity index is 1.27. The predicted octanol–water partition coefficient (Wildman–Crippen LogP) is 3.73. The highest BCUT2D eigenvalue weighted by Gasteiger charge is 2.76. The quantitative estimate of drug-likeness (QED) is 0.769. The zero-order valence-electron chi connectivity index (χ0n) is 17.3. The van der Waals surface area contributed by atoms with Gasteiger partial charge in [0.15, 0.2) is 0 Å². The molecule has 3 aliphatic carbocycles. The molecule has 0 bridgehead atoms. The maximum absolute atomic E-state index is 6.41. The second-order valence-corrected chi connectivity index (χ2v) is 9.54. The van der Waals surface area contributed by atoms with E-state index >= 15 is 0 Å². The minimum absolute atomic E-state index is 0.114. The van der Waals surface area contributed by atoms with Gasteiger partial charge in [-0.05, 0) is 56.6 Å². The average molecular weight is 380 g/mol. The van der Waals surface area contributed by atoms with Crippen molar-refractivity contribution in [3.05, 3.63) is 47.5 Å². The minimum atomic E-state index is 0.114. The summed E-state index contributed by atoms with van der Waals surface area (Å²) in [5, 5.41) is 12.8. The van der Waals surface area contributed by atoms with Gasteiger partial charge in [0.1, 0.15) is 11.6 Å². The van der Waals surface area contributed by atoms with Crippen LogP contribution in [0.2, 0.25) is 0 Å². The first kappa shape index (κ1) is 18.3. The molecule has 150 valence electrons. The smallest absolute Gasteiger partial charge is 0.135 e. The Hall–Kier alpha value is -1.72. The monoisotopic (exact) mass is 379 g/mol. The van der Waals surface area contributed by atoms with E-state index in [-0.39, 0.29) is 6.04 Å². The van der Waals surface area contributed by atoms with Crippen LogP contribution in [0.1, 0.15) is 74.7 Å². The number of nitrogens with two attached hydrogens (primary N) is 1. The molecule has 0 radical (unpaired) electrons. The molecule has 1 heterocycles. The Labute approximate surface area is 168 Å². The lowest BCUT2D eigenvalue weighted by molar-refractivity contribution is -0.0911. The van der Waals surface area contributed by atoms with Gasteiger partial charge >= 0.3 is 0 Å². The molecule has 5 heteroatoms. The van der Waals surface area contributed by atoms with Crippen molar-refractivity contribution < 1.29 is 0 Å². The lowest BCUT2D eigenvalue weighted by Crippen LogP contribution is -2.64. The average Bonchev–Trinajstić information content (AvgIpc) is 3.25. The molecule has 3 aliphatic rings. The lowest BCUT2D eigenvalue weighted by Gasteiger charge is -2.61. The van der Waals surface area contributed by atoms with Crippen LogP contribution in [0.5, 0.6) is 0 Å². The zero-order valence-corrected chi connectivity index (χ0v) is 17.3. The summed E-state index contributed by atoms with van der Waals surface area (Å²) in [5.41, 5.74) is 8.07. The molecule has 2 aromatic rings. The number of rotatable bonds is 7. The molecule has 3 saturated carbocycles. The van der Waals surface area contributed by atoms with Crippen molar-refractivity contribution in [1.82, 2.24) is 20.1 Å². The van der Waals surface area contributed by atoms with Gasteiger partial charge in [-0.1, -0.05) is 44.2 Å². The van der Waals surface area contributed by atoms with Gasteiger partial charge in [0.25, 0.3) is 0 Å². The van der Waals surface area contributed by atoms with E-state index in [1.54, 1.807) is 0 Å². The van der Waals surface area contributed by atoms with Crippen molar-refractivity contribution in [2.75, 3.05) is 6.54 Å². The Morgan fingerprint density at radius 2 is 2.04 bits per heavy atom. The Morgan fingerprint density at radius 3 is 2.71 bits per heavy atom. The third-order valence-corrected chi connectivity index (χ3v) is 7.76. The van der Waals surface area contributed by atoms with Gasteiger partial charge in [0, 0.05) is 29.5 Å². The van der Waals surface area contributed by atoms with Gasteiger partial charge in [0.2, 0.25) is 0 Å². The van der Waals surface area contributed by atoms with E-state index in [1.807, 2.05) is 6.07 Å². The molecular formula is C23H33N5. The maximum atomic E-state index is 6.41. The van der Waals surface area contributed by atoms with E-state index in [0.717, 1.165) is 30.6 Å². The standard InChI is InChI=1S/C23H33N5/c1-14(2)22-27-26-15(3)28(22)21-17-13-18(17)23(21)11-9-20(23)25-12-10-19(24)16-7-5-4-6-8-16/h4-8,14,17-21,25H,9-13,24H2,1-3H3/t17?,18?,19-,20?,21?,23?/m0/s1. The van der Waals surface area contributed by atoms with Crippen LogP contribution in [0.15, 0.2) is 30.3 Å². The summed E-state index contributed by atoms with van der Waals surface area (Å²) >= 11 is 0. The molecule has 5 nitrogen and oxygen atoms in total. The lowest BCUT2D eigenvalue weighted by atomic mass is 9.49. The predicted molar refractivity (Wildman–Crippen MR) is 111 cm³/mol. The molecule has 1 aromatic heterocycles. The van der Waals surface area contributed by atoms with Crippen LogP contribution in [-0.4, -0.2) is 27.4 Å². The van der Waals surface area contributed by atoms with Crippen LogP contribution in [-0.2, 0) is 0 Å². The first-order chi connectivity index (χ1) is 13.5. The zero-order chi connectivity index (χ0) is 19.5. The maximum Gasteiger partial charge on any atom is 0.135 e. The number of nitrogens with zero attached hydrogens (tertiary/aromatic N) is 3. The van der Waals surface area contributed by atoms with Crippen molar-refractivity contribution in [1.29, 1.82) is 0 Å². The minimum Gasteiger partial charge on any atom is -0.324 e. The first-order valence-corrected chi connectivity index (χ1v) is 11.0. The van der Waals surface area contributed by atoms with Crippen molar-refractivity contribution in [3.8, 4) is 0 Å². The summed E-state index contributed by atoms with van der Waals surface area (Å²) in [6, 6.07) is 11.8. The number of hydrogen-bond acceptors (Lipinski definition) is 4. The summed E-state index contributed by atoms with van der Waals surface area (Å²) in [6.07, 6.45) is 5.01. The highest BCUT2D eigenvalue weighted by Crippen LogP contribution is 2.79. The number of fused-ring (bicyclic) bond motifs is 2. The SMILES string of the molecule is Cc1nnc(C(C)C)n1C1C2CC2C12CCC2NCC[C@H](N)c1ccccc1. The van der Waals surface area contributed by atoms with E-state index in [9.17, 15) is 0 Å². The summed E-state index contributed by atoms with van der Waals surface area (Å²) in [4.78, 5) is 0. The van der Waals surface area contributed by atoms with Gasteiger partial charge < -0.3 is 15.6 Å². The number of benzene rings is 1. The molecule has 1 spiro atoms. The molecule has 28 heavy (non-hydrogen) atoms. The molecular weight excluding hydrogens is 346 g/mol. The van der Waals surface area contributed by atoms with Gasteiger partial charge in [0.05, 0.1) is 0 Å². The van der Waals surface area contributed by atoms with E-state index in [2.05, 4.69) is 65.1 Å². The van der Waals surface area contributed by atoms with Crippen LogP contribution in [0, 0.1) is 24.2 Å². The highest BCUT2D eigenvalue weighted by molar-refractivity contribution is 5.29. The van der Waals surface area contributed by atoms with Crippen molar-refractivity contribution in [2.24, 2.45) is 23.0 Å². The topological polar surface area (TPSA) is 68.8 Å². The molecule has 1 aromatic carbocycles. The largest absolute Gasteiger partial charge is 0.324 e. The van der Waals surface area contributed by atoms with Gasteiger partial charge in [-0.2, -0.15) is 0 Å². The summed E-state index contributed by atoms with van der Waals surface area (Å²) in [7, 11) is 0. The Kier molecular flexibility index (Phi) is 4.36. The van der Waals surface area contributed by atoms with Gasteiger partial charge in [-0.3, -0.25) is 0 Å². The van der Waals surface area contributed by atoms with Gasteiger partial charge in [-0.15, -0.1) is 10.2 Å². The summed E-state index contributed by atoms with van der Waals surface area (Å²) in [6.45, 7) is 7.58. The Morgan fingerprint density at radius 1 is 1.25 bits per heavy atom. The van der Waals surface area contributed by atoms with E-state index in [1.165, 1.54) is 30.7 Å². The van der Waals surface area contributed by atoms with Crippen LogP contribution in [0.3, 0.4) is 0 Å². The number of aryl methyl sites for hydroxylation is 1. The van der Waals surface area contributed by atoms with E-state index < -0.39 is 0 Å². The van der Waals surface area contributed by atoms with Crippen LogP contribution in [0.25, 0.3) is 0 Å². The third kappa shape index (κ3) is 2.59. The molecule has 5 unspecified atom stereocenters. The Bertz CT molecular complexity index is 844.